The Morgan fingerprint density at radius 1 is 1.41 bits per heavy atom. The smallest absolute Gasteiger partial charge is 0.253 e. The minimum atomic E-state index is -3.54. The summed E-state index contributed by atoms with van der Waals surface area (Å²) in [5, 5.41) is 0. The van der Waals surface area contributed by atoms with Crippen LogP contribution in [-0.2, 0) is 10.0 Å². The number of nitrogens with zero attached hydrogens (tertiary/aromatic N) is 2. The van der Waals surface area contributed by atoms with Crippen molar-refractivity contribution in [1.82, 2.24) is 9.21 Å². The summed E-state index contributed by atoms with van der Waals surface area (Å²) in [5.41, 5.74) is 6.25. The molecule has 1 aromatic rings. The van der Waals surface area contributed by atoms with Crippen molar-refractivity contribution < 1.29 is 13.2 Å². The van der Waals surface area contributed by atoms with Gasteiger partial charge in [0.05, 0.1) is 4.90 Å². The monoisotopic (exact) mass is 411 g/mol. The highest BCUT2D eigenvalue weighted by Gasteiger charge is 2.26. The lowest BCUT2D eigenvalue weighted by Gasteiger charge is -2.17. The molecule has 1 aliphatic rings. The van der Waals surface area contributed by atoms with E-state index >= 15 is 0 Å². The zero-order valence-corrected chi connectivity index (χ0v) is 15.5. The lowest BCUT2D eigenvalue weighted by Crippen LogP contribution is -2.32. The van der Waals surface area contributed by atoms with E-state index < -0.39 is 10.0 Å². The SMILES string of the molecule is CN(C)S(=O)(=O)c1ccc(C(=O)N2CC[C@@H](N)C2)cc1Br.Cl. The molecule has 6 nitrogen and oxygen atoms in total. The van der Waals surface area contributed by atoms with Gasteiger partial charge in [-0.05, 0) is 40.5 Å². The Morgan fingerprint density at radius 3 is 2.50 bits per heavy atom. The number of carbonyl (C=O) groups excluding carboxylic acids is 1. The Labute approximate surface area is 145 Å². The predicted molar refractivity (Wildman–Crippen MR) is 90.8 cm³/mol. The number of hydrogen-bond acceptors (Lipinski definition) is 4. The van der Waals surface area contributed by atoms with Gasteiger partial charge in [-0.25, -0.2) is 12.7 Å². The molecule has 0 spiro atoms. The number of halogens is 2. The van der Waals surface area contributed by atoms with Crippen molar-refractivity contribution in [1.29, 1.82) is 0 Å². The fraction of sp³-hybridized carbons (Fsp3) is 0.462. The van der Waals surface area contributed by atoms with Gasteiger partial charge >= 0.3 is 0 Å². The Hall–Kier alpha value is -0.670. The van der Waals surface area contributed by atoms with E-state index in [1.165, 1.54) is 26.2 Å². The third-order valence-electron chi connectivity index (χ3n) is 3.45. The van der Waals surface area contributed by atoms with E-state index in [2.05, 4.69) is 15.9 Å². The molecule has 1 heterocycles. The first kappa shape index (κ1) is 19.4. The van der Waals surface area contributed by atoms with Gasteiger partial charge < -0.3 is 10.6 Å². The molecular weight excluding hydrogens is 394 g/mol. The van der Waals surface area contributed by atoms with Gasteiger partial charge in [0.1, 0.15) is 0 Å². The number of hydrogen-bond donors (Lipinski definition) is 1. The highest BCUT2D eigenvalue weighted by Crippen LogP contribution is 2.26. The Kier molecular flexibility index (Phi) is 6.40. The van der Waals surface area contributed by atoms with Crippen molar-refractivity contribution in [2.45, 2.75) is 17.4 Å². The zero-order chi connectivity index (χ0) is 15.8. The molecule has 2 rings (SSSR count). The molecule has 1 aromatic carbocycles. The molecule has 1 saturated heterocycles. The Bertz CT molecular complexity index is 666. The fourth-order valence-electron chi connectivity index (χ4n) is 2.19. The molecule has 0 aliphatic carbocycles. The van der Waals surface area contributed by atoms with Crippen LogP contribution >= 0.6 is 28.3 Å². The van der Waals surface area contributed by atoms with Crippen molar-refractivity contribution in [3.05, 3.63) is 28.2 Å². The predicted octanol–water partition coefficient (Wildman–Crippen LogP) is 1.29. The number of nitrogens with two attached hydrogens (primary N) is 1. The maximum atomic E-state index is 12.3. The fourth-order valence-corrected chi connectivity index (χ4v) is 4.13. The highest BCUT2D eigenvalue weighted by atomic mass is 79.9. The molecule has 1 amide bonds. The van der Waals surface area contributed by atoms with Gasteiger partial charge in [0.25, 0.3) is 5.91 Å². The second-order valence-corrected chi connectivity index (χ2v) is 8.21. The number of benzene rings is 1. The summed E-state index contributed by atoms with van der Waals surface area (Å²) in [6.07, 6.45) is 0.792. The number of amides is 1. The van der Waals surface area contributed by atoms with E-state index in [0.29, 0.717) is 23.1 Å². The van der Waals surface area contributed by atoms with Crippen molar-refractivity contribution in [2.24, 2.45) is 5.73 Å². The standard InChI is InChI=1S/C13H18BrN3O3S.ClH/c1-16(2)21(19,20)12-4-3-9(7-11(12)14)13(18)17-6-5-10(15)8-17;/h3-4,7,10H,5-6,8,15H2,1-2H3;1H/t10-;/m1./s1. The van der Waals surface area contributed by atoms with Crippen LogP contribution in [0.25, 0.3) is 0 Å². The minimum absolute atomic E-state index is 0. The molecule has 0 saturated carbocycles. The average molecular weight is 413 g/mol. The van der Waals surface area contributed by atoms with Gasteiger partial charge in [-0.15, -0.1) is 12.4 Å². The summed E-state index contributed by atoms with van der Waals surface area (Å²) in [7, 11) is -0.607. The van der Waals surface area contributed by atoms with Crippen LogP contribution in [0.15, 0.2) is 27.6 Å². The summed E-state index contributed by atoms with van der Waals surface area (Å²) in [4.78, 5) is 14.2. The van der Waals surface area contributed by atoms with E-state index in [4.69, 9.17) is 5.73 Å². The maximum Gasteiger partial charge on any atom is 0.253 e. The number of rotatable bonds is 3. The second kappa shape index (κ2) is 7.27. The number of carbonyl (C=O) groups is 1. The van der Waals surface area contributed by atoms with Gasteiger partial charge in [0.15, 0.2) is 0 Å². The molecule has 124 valence electrons. The Morgan fingerprint density at radius 2 is 2.05 bits per heavy atom. The van der Waals surface area contributed by atoms with E-state index in [-0.39, 0.29) is 29.3 Å². The van der Waals surface area contributed by atoms with Gasteiger partial charge in [-0.3, -0.25) is 4.79 Å². The van der Waals surface area contributed by atoms with E-state index in [1.807, 2.05) is 0 Å². The van der Waals surface area contributed by atoms with Gasteiger partial charge in [0, 0.05) is 43.3 Å². The normalized spacial score (nSPS) is 18.4. The zero-order valence-electron chi connectivity index (χ0n) is 12.3. The van der Waals surface area contributed by atoms with Crippen LogP contribution in [0.3, 0.4) is 0 Å². The average Bonchev–Trinajstić information content (AvgIpc) is 2.83. The van der Waals surface area contributed by atoms with Crippen molar-refractivity contribution in [3.63, 3.8) is 0 Å². The third-order valence-corrected chi connectivity index (χ3v) is 6.24. The molecule has 0 radical (unpaired) electrons. The van der Waals surface area contributed by atoms with Crippen molar-refractivity contribution in [3.8, 4) is 0 Å². The molecule has 0 unspecified atom stereocenters. The van der Waals surface area contributed by atoms with E-state index in [9.17, 15) is 13.2 Å². The summed E-state index contributed by atoms with van der Waals surface area (Å²) >= 11 is 3.24. The summed E-state index contributed by atoms with van der Waals surface area (Å²) in [6.45, 7) is 1.17. The summed E-state index contributed by atoms with van der Waals surface area (Å²) < 4.78 is 25.7. The van der Waals surface area contributed by atoms with Crippen LogP contribution in [0.5, 0.6) is 0 Å². The van der Waals surface area contributed by atoms with Gasteiger partial charge in [-0.2, -0.15) is 0 Å². The Balaban J connectivity index is 0.00000242. The molecule has 1 aliphatic heterocycles. The van der Waals surface area contributed by atoms with Gasteiger partial charge in [0.2, 0.25) is 10.0 Å². The maximum absolute atomic E-state index is 12.3. The second-order valence-electron chi connectivity index (χ2n) is 5.23. The van der Waals surface area contributed by atoms with Crippen LogP contribution in [0.1, 0.15) is 16.8 Å². The first-order chi connectivity index (χ1) is 9.73. The van der Waals surface area contributed by atoms with Crippen LogP contribution in [0, 0.1) is 0 Å². The minimum Gasteiger partial charge on any atom is -0.337 e. The van der Waals surface area contributed by atoms with Crippen LogP contribution in [0.2, 0.25) is 0 Å². The lowest BCUT2D eigenvalue weighted by molar-refractivity contribution is 0.0790. The molecule has 22 heavy (non-hydrogen) atoms. The first-order valence-corrected chi connectivity index (χ1v) is 8.73. The lowest BCUT2D eigenvalue weighted by atomic mass is 10.2. The summed E-state index contributed by atoms with van der Waals surface area (Å²) in [6, 6.07) is 4.55. The van der Waals surface area contributed by atoms with Crippen molar-refractivity contribution >= 4 is 44.3 Å². The molecular formula is C13H19BrClN3O3S. The quantitative estimate of drug-likeness (QED) is 0.811. The topological polar surface area (TPSA) is 83.7 Å². The molecule has 0 aromatic heterocycles. The molecule has 1 fully saturated rings. The third kappa shape index (κ3) is 3.80. The van der Waals surface area contributed by atoms with Gasteiger partial charge in [-0.1, -0.05) is 0 Å². The van der Waals surface area contributed by atoms with E-state index in [0.717, 1.165) is 10.7 Å². The van der Waals surface area contributed by atoms with Crippen LogP contribution in [0.4, 0.5) is 0 Å². The molecule has 9 heteroatoms. The van der Waals surface area contributed by atoms with Crippen LogP contribution < -0.4 is 5.73 Å². The van der Waals surface area contributed by atoms with Crippen LogP contribution in [-0.4, -0.2) is 56.8 Å². The van der Waals surface area contributed by atoms with E-state index in [1.54, 1.807) is 11.0 Å². The first-order valence-electron chi connectivity index (χ1n) is 6.50. The van der Waals surface area contributed by atoms with Crippen molar-refractivity contribution in [2.75, 3.05) is 27.2 Å². The summed E-state index contributed by atoms with van der Waals surface area (Å²) in [5.74, 6) is -0.127. The molecule has 0 bridgehead atoms. The number of likely N-dealkylation sites (tertiary alicyclic amines) is 1. The molecule has 2 N–H and O–H groups in total. The molecule has 1 atom stereocenters. The number of sulfonamides is 1. The largest absolute Gasteiger partial charge is 0.337 e. The highest BCUT2D eigenvalue weighted by molar-refractivity contribution is 9.10.